The summed E-state index contributed by atoms with van der Waals surface area (Å²) in [4.78, 5) is 21.0. The maximum Gasteiger partial charge on any atom is 0.234 e. The van der Waals surface area contributed by atoms with Gasteiger partial charge in [0.1, 0.15) is 0 Å². The predicted octanol–water partition coefficient (Wildman–Crippen LogP) is 5.27. The van der Waals surface area contributed by atoms with E-state index in [1.165, 1.54) is 0 Å². The van der Waals surface area contributed by atoms with Gasteiger partial charge in [-0.05, 0) is 36.2 Å². The molecule has 0 aliphatic rings. The van der Waals surface area contributed by atoms with E-state index < -0.39 is 0 Å². The van der Waals surface area contributed by atoms with Crippen LogP contribution in [0, 0.1) is 0 Å². The minimum Gasteiger partial charge on any atom is -0.326 e. The average molecular weight is 411 g/mol. The van der Waals surface area contributed by atoms with Gasteiger partial charge in [0, 0.05) is 36.3 Å². The van der Waals surface area contributed by atoms with Crippen molar-refractivity contribution in [3.63, 3.8) is 0 Å². The zero-order valence-electron chi connectivity index (χ0n) is 14.8. The second-order valence-electron chi connectivity index (χ2n) is 6.29. The van der Waals surface area contributed by atoms with E-state index in [-0.39, 0.29) is 5.91 Å². The van der Waals surface area contributed by atoms with E-state index in [4.69, 9.17) is 23.2 Å². The zero-order valence-corrected chi connectivity index (χ0v) is 16.3. The van der Waals surface area contributed by atoms with Crippen molar-refractivity contribution in [3.05, 3.63) is 82.7 Å². The first-order valence-electron chi connectivity index (χ1n) is 8.73. The molecule has 2 heterocycles. The van der Waals surface area contributed by atoms with Gasteiger partial charge < -0.3 is 5.32 Å². The number of nitrogens with one attached hydrogen (secondary N) is 1. The van der Waals surface area contributed by atoms with Crippen LogP contribution in [0.4, 0.5) is 5.69 Å². The number of imidazole rings is 1. The summed E-state index contributed by atoms with van der Waals surface area (Å²) >= 11 is 12.2. The number of benzene rings is 2. The van der Waals surface area contributed by atoms with Gasteiger partial charge >= 0.3 is 0 Å². The first-order valence-corrected chi connectivity index (χ1v) is 9.48. The van der Waals surface area contributed by atoms with E-state index in [0.717, 1.165) is 22.5 Å². The summed E-state index contributed by atoms with van der Waals surface area (Å²) in [5.41, 5.74) is 3.37. The molecule has 0 fully saturated rings. The summed E-state index contributed by atoms with van der Waals surface area (Å²) in [6.07, 6.45) is 6.38. The van der Waals surface area contributed by atoms with E-state index in [0.29, 0.717) is 28.7 Å². The number of halogens is 2. The molecule has 0 bridgehead atoms. The number of hydrogen-bond acceptors (Lipinski definition) is 3. The summed E-state index contributed by atoms with van der Waals surface area (Å²) < 4.78 is 1.87. The Balaban J connectivity index is 1.40. The van der Waals surface area contributed by atoms with Gasteiger partial charge in [0.15, 0.2) is 0 Å². The molecule has 0 unspecified atom stereocenters. The molecule has 28 heavy (non-hydrogen) atoms. The number of fused-ring (bicyclic) bond motifs is 1. The highest BCUT2D eigenvalue weighted by Crippen LogP contribution is 2.26. The van der Waals surface area contributed by atoms with Gasteiger partial charge in [0.25, 0.3) is 0 Å². The van der Waals surface area contributed by atoms with Crippen molar-refractivity contribution < 1.29 is 4.79 Å². The van der Waals surface area contributed by atoms with Crippen LogP contribution in [0.5, 0.6) is 0 Å². The number of nitrogens with zero attached hydrogens (tertiary/aromatic N) is 3. The minimum absolute atomic E-state index is 0.0827. The lowest BCUT2D eigenvalue weighted by atomic mass is 10.1. The molecule has 0 spiro atoms. The van der Waals surface area contributed by atoms with Crippen LogP contribution in [0.15, 0.2) is 67.1 Å². The standard InChI is InChI=1S/C21H16Cl2N4O/c22-17-4-1-3-15(20(17)23)7-10-19(28)25-16-8-5-14(6-9-16)18-13-27-12-2-11-24-21(27)26-18/h1-6,8-9,11-13H,7,10H2,(H,25,28). The van der Waals surface area contributed by atoms with Gasteiger partial charge in [0.2, 0.25) is 11.7 Å². The summed E-state index contributed by atoms with van der Waals surface area (Å²) in [7, 11) is 0. The number of hydrogen-bond donors (Lipinski definition) is 1. The monoisotopic (exact) mass is 410 g/mol. The lowest BCUT2D eigenvalue weighted by molar-refractivity contribution is -0.116. The third kappa shape index (κ3) is 4.01. The summed E-state index contributed by atoms with van der Waals surface area (Å²) in [5, 5.41) is 3.90. The van der Waals surface area contributed by atoms with E-state index in [2.05, 4.69) is 15.3 Å². The molecule has 0 radical (unpaired) electrons. The third-order valence-electron chi connectivity index (χ3n) is 4.35. The van der Waals surface area contributed by atoms with Crippen molar-refractivity contribution in [1.29, 1.82) is 0 Å². The van der Waals surface area contributed by atoms with Crippen LogP contribution >= 0.6 is 23.2 Å². The number of aryl methyl sites for hydroxylation is 1. The Kier molecular flexibility index (Phi) is 5.28. The molecule has 1 amide bonds. The van der Waals surface area contributed by atoms with Crippen molar-refractivity contribution in [3.8, 4) is 11.3 Å². The largest absolute Gasteiger partial charge is 0.326 e. The number of anilines is 1. The van der Waals surface area contributed by atoms with Gasteiger partial charge in [0.05, 0.1) is 15.7 Å². The molecule has 2 aromatic carbocycles. The first-order chi connectivity index (χ1) is 13.6. The number of carbonyl (C=O) groups excluding carboxylic acids is 1. The molecule has 0 saturated heterocycles. The number of rotatable bonds is 5. The Morgan fingerprint density at radius 3 is 2.68 bits per heavy atom. The molecular weight excluding hydrogens is 395 g/mol. The molecule has 1 N–H and O–H groups in total. The van der Waals surface area contributed by atoms with Crippen molar-refractivity contribution in [2.45, 2.75) is 12.8 Å². The Bertz CT molecular complexity index is 1110. The Labute approximate surface area is 172 Å². The Hall–Kier alpha value is -2.89. The van der Waals surface area contributed by atoms with Crippen LogP contribution in [0.1, 0.15) is 12.0 Å². The predicted molar refractivity (Wildman–Crippen MR) is 112 cm³/mol. The van der Waals surface area contributed by atoms with Crippen molar-refractivity contribution in [2.75, 3.05) is 5.32 Å². The minimum atomic E-state index is -0.0827. The van der Waals surface area contributed by atoms with Crippen molar-refractivity contribution >= 4 is 40.6 Å². The fourth-order valence-electron chi connectivity index (χ4n) is 2.91. The molecule has 4 rings (SSSR count). The lowest BCUT2D eigenvalue weighted by Crippen LogP contribution is -2.12. The van der Waals surface area contributed by atoms with Gasteiger partial charge in [-0.1, -0.05) is 47.5 Å². The summed E-state index contributed by atoms with van der Waals surface area (Å²) in [5.74, 6) is 0.565. The van der Waals surface area contributed by atoms with Gasteiger partial charge in [-0.3, -0.25) is 9.20 Å². The van der Waals surface area contributed by atoms with Gasteiger partial charge in [-0.15, -0.1) is 0 Å². The SMILES string of the molecule is O=C(CCc1cccc(Cl)c1Cl)Nc1ccc(-c2cn3cccnc3n2)cc1. The van der Waals surface area contributed by atoms with E-state index in [1.807, 2.05) is 59.3 Å². The quantitative estimate of drug-likeness (QED) is 0.487. The summed E-state index contributed by atoms with van der Waals surface area (Å²) in [6, 6.07) is 14.8. The van der Waals surface area contributed by atoms with Gasteiger partial charge in [-0.2, -0.15) is 0 Å². The molecule has 0 saturated carbocycles. The normalized spacial score (nSPS) is 10.9. The van der Waals surface area contributed by atoms with Crippen LogP contribution in [0.2, 0.25) is 10.0 Å². The van der Waals surface area contributed by atoms with Crippen LogP contribution < -0.4 is 5.32 Å². The Morgan fingerprint density at radius 2 is 1.89 bits per heavy atom. The molecule has 0 atom stereocenters. The zero-order chi connectivity index (χ0) is 19.5. The smallest absolute Gasteiger partial charge is 0.234 e. The first kappa shape index (κ1) is 18.5. The Morgan fingerprint density at radius 1 is 1.07 bits per heavy atom. The molecular formula is C21H16Cl2N4O. The molecule has 4 aromatic rings. The molecule has 2 aromatic heterocycles. The molecule has 0 aliphatic carbocycles. The molecule has 0 aliphatic heterocycles. The molecule has 140 valence electrons. The number of aromatic nitrogens is 3. The van der Waals surface area contributed by atoms with E-state index >= 15 is 0 Å². The second-order valence-corrected chi connectivity index (χ2v) is 7.08. The molecule has 7 heteroatoms. The van der Waals surface area contributed by atoms with Crippen LogP contribution in [0.25, 0.3) is 17.0 Å². The maximum absolute atomic E-state index is 12.2. The third-order valence-corrected chi connectivity index (χ3v) is 5.21. The van der Waals surface area contributed by atoms with Crippen molar-refractivity contribution in [1.82, 2.24) is 14.4 Å². The highest BCUT2D eigenvalue weighted by Gasteiger charge is 2.09. The lowest BCUT2D eigenvalue weighted by Gasteiger charge is -2.08. The number of carbonyl (C=O) groups is 1. The fourth-order valence-corrected chi connectivity index (χ4v) is 3.32. The van der Waals surface area contributed by atoms with Crippen LogP contribution in [-0.4, -0.2) is 20.3 Å². The van der Waals surface area contributed by atoms with Crippen molar-refractivity contribution in [2.24, 2.45) is 0 Å². The van der Waals surface area contributed by atoms with E-state index in [1.54, 1.807) is 12.3 Å². The summed E-state index contributed by atoms with van der Waals surface area (Å²) in [6.45, 7) is 0. The van der Waals surface area contributed by atoms with Crippen LogP contribution in [-0.2, 0) is 11.2 Å². The van der Waals surface area contributed by atoms with E-state index in [9.17, 15) is 4.79 Å². The topological polar surface area (TPSA) is 59.3 Å². The second kappa shape index (κ2) is 8.00. The van der Waals surface area contributed by atoms with Crippen LogP contribution in [0.3, 0.4) is 0 Å². The van der Waals surface area contributed by atoms with Gasteiger partial charge in [-0.25, -0.2) is 9.97 Å². The fraction of sp³-hybridized carbons (Fsp3) is 0.0952. The highest BCUT2D eigenvalue weighted by molar-refractivity contribution is 6.42. The maximum atomic E-state index is 12.2. The number of amides is 1. The molecule has 5 nitrogen and oxygen atoms in total. The highest BCUT2D eigenvalue weighted by atomic mass is 35.5. The average Bonchev–Trinajstić information content (AvgIpc) is 3.14.